The summed E-state index contributed by atoms with van der Waals surface area (Å²) in [6.45, 7) is 9.87. The molecule has 0 radical (unpaired) electrons. The zero-order valence-electron chi connectivity index (χ0n) is 13.7. The highest BCUT2D eigenvalue weighted by Gasteiger charge is 2.34. The van der Waals surface area contributed by atoms with Crippen LogP contribution in [0.2, 0.25) is 0 Å². The summed E-state index contributed by atoms with van der Waals surface area (Å²) in [5.74, 6) is 2.28. The Balaban J connectivity index is 2.21. The molecule has 2 rings (SSSR count). The number of nitrogens with zero attached hydrogens (tertiary/aromatic N) is 2. The van der Waals surface area contributed by atoms with E-state index in [1.807, 2.05) is 6.20 Å². The van der Waals surface area contributed by atoms with Crippen molar-refractivity contribution < 1.29 is 0 Å². The van der Waals surface area contributed by atoms with E-state index in [1.54, 1.807) is 0 Å². The van der Waals surface area contributed by atoms with Gasteiger partial charge in [-0.05, 0) is 60.6 Å². The van der Waals surface area contributed by atoms with Crippen molar-refractivity contribution in [2.45, 2.75) is 65.3 Å². The van der Waals surface area contributed by atoms with Gasteiger partial charge in [0.2, 0.25) is 0 Å². The molecular formula is C17H30BrN3. The third-order valence-electron chi connectivity index (χ3n) is 4.94. The molecule has 0 aromatic carbocycles. The number of rotatable bonds is 7. The molecular weight excluding hydrogens is 326 g/mol. The van der Waals surface area contributed by atoms with E-state index in [0.29, 0.717) is 5.92 Å². The van der Waals surface area contributed by atoms with Crippen LogP contribution in [0.15, 0.2) is 10.7 Å². The zero-order valence-corrected chi connectivity index (χ0v) is 15.3. The van der Waals surface area contributed by atoms with E-state index < -0.39 is 0 Å². The minimum Gasteiger partial charge on any atom is -0.317 e. The first-order chi connectivity index (χ1) is 10.2. The first-order valence-electron chi connectivity index (χ1n) is 8.63. The summed E-state index contributed by atoms with van der Waals surface area (Å²) >= 11 is 3.74. The largest absolute Gasteiger partial charge is 0.317 e. The summed E-state index contributed by atoms with van der Waals surface area (Å²) in [7, 11) is 0. The van der Waals surface area contributed by atoms with Crippen molar-refractivity contribution in [2.24, 2.45) is 11.8 Å². The second kappa shape index (κ2) is 8.33. The van der Waals surface area contributed by atoms with E-state index >= 15 is 0 Å². The maximum atomic E-state index is 4.54. The Morgan fingerprint density at radius 1 is 1.33 bits per heavy atom. The number of hydrogen-bond donors (Lipinski definition) is 1. The molecule has 1 aromatic heterocycles. The lowest BCUT2D eigenvalue weighted by atomic mass is 9.71. The lowest BCUT2D eigenvalue weighted by Crippen LogP contribution is -2.33. The molecule has 0 amide bonds. The Hall–Kier alpha value is -0.350. The normalized spacial score (nSPS) is 26.2. The molecule has 120 valence electrons. The van der Waals surface area contributed by atoms with Crippen LogP contribution in [0, 0.1) is 11.8 Å². The molecule has 1 heterocycles. The SMILES string of the molecule is CCCC1CCC(CNCC)C(c2c(Br)cnn2CC)C1. The molecule has 0 spiro atoms. The number of halogens is 1. The topological polar surface area (TPSA) is 29.9 Å². The molecule has 3 unspecified atom stereocenters. The fraction of sp³-hybridized carbons (Fsp3) is 0.824. The van der Waals surface area contributed by atoms with Crippen LogP contribution in [0.4, 0.5) is 0 Å². The van der Waals surface area contributed by atoms with E-state index in [1.165, 1.54) is 42.3 Å². The minimum atomic E-state index is 0.645. The van der Waals surface area contributed by atoms with Gasteiger partial charge in [-0.25, -0.2) is 0 Å². The number of aryl methyl sites for hydroxylation is 1. The van der Waals surface area contributed by atoms with Gasteiger partial charge in [-0.3, -0.25) is 4.68 Å². The van der Waals surface area contributed by atoms with Crippen molar-refractivity contribution in [3.63, 3.8) is 0 Å². The van der Waals surface area contributed by atoms with Gasteiger partial charge in [0.1, 0.15) is 0 Å². The van der Waals surface area contributed by atoms with Crippen LogP contribution in [-0.4, -0.2) is 22.9 Å². The molecule has 0 bridgehead atoms. The Morgan fingerprint density at radius 2 is 2.14 bits per heavy atom. The van der Waals surface area contributed by atoms with Crippen LogP contribution in [0.25, 0.3) is 0 Å². The van der Waals surface area contributed by atoms with Crippen molar-refractivity contribution in [3.05, 3.63) is 16.4 Å². The van der Waals surface area contributed by atoms with E-state index in [0.717, 1.165) is 31.5 Å². The van der Waals surface area contributed by atoms with Gasteiger partial charge in [-0.1, -0.05) is 33.1 Å². The number of nitrogens with one attached hydrogen (secondary N) is 1. The van der Waals surface area contributed by atoms with Crippen LogP contribution in [0.5, 0.6) is 0 Å². The van der Waals surface area contributed by atoms with Crippen molar-refractivity contribution in [1.29, 1.82) is 0 Å². The summed E-state index contributed by atoms with van der Waals surface area (Å²) in [6.07, 6.45) is 8.74. The van der Waals surface area contributed by atoms with E-state index in [-0.39, 0.29) is 0 Å². The predicted molar refractivity (Wildman–Crippen MR) is 92.6 cm³/mol. The van der Waals surface area contributed by atoms with Gasteiger partial charge in [0.05, 0.1) is 16.4 Å². The van der Waals surface area contributed by atoms with Gasteiger partial charge in [0.15, 0.2) is 0 Å². The van der Waals surface area contributed by atoms with E-state index in [4.69, 9.17) is 0 Å². The summed E-state index contributed by atoms with van der Waals surface area (Å²) in [5, 5.41) is 8.11. The molecule has 1 aromatic rings. The third kappa shape index (κ3) is 4.10. The van der Waals surface area contributed by atoms with Gasteiger partial charge in [-0.2, -0.15) is 5.10 Å². The maximum Gasteiger partial charge on any atom is 0.0635 e. The smallest absolute Gasteiger partial charge is 0.0635 e. The molecule has 1 fully saturated rings. The van der Waals surface area contributed by atoms with Crippen LogP contribution in [0.1, 0.15) is 64.5 Å². The standard InChI is InChI=1S/C17H30BrN3/c1-4-7-13-8-9-14(11-19-5-2)15(10-13)17-16(18)12-20-21(17)6-3/h12-15,19H,4-11H2,1-3H3. The number of hydrogen-bond acceptors (Lipinski definition) is 2. The third-order valence-corrected chi connectivity index (χ3v) is 5.55. The maximum absolute atomic E-state index is 4.54. The van der Waals surface area contributed by atoms with Crippen LogP contribution in [-0.2, 0) is 6.54 Å². The van der Waals surface area contributed by atoms with E-state index in [2.05, 4.69) is 51.8 Å². The first-order valence-corrected chi connectivity index (χ1v) is 9.42. The highest BCUT2D eigenvalue weighted by atomic mass is 79.9. The van der Waals surface area contributed by atoms with Crippen LogP contribution < -0.4 is 5.32 Å². The molecule has 21 heavy (non-hydrogen) atoms. The van der Waals surface area contributed by atoms with Gasteiger partial charge >= 0.3 is 0 Å². The minimum absolute atomic E-state index is 0.645. The second-order valence-corrected chi connectivity index (χ2v) is 7.19. The van der Waals surface area contributed by atoms with Crippen molar-refractivity contribution in [2.75, 3.05) is 13.1 Å². The Bertz CT molecular complexity index is 430. The molecule has 1 aliphatic carbocycles. The quantitative estimate of drug-likeness (QED) is 0.775. The molecule has 3 atom stereocenters. The van der Waals surface area contributed by atoms with Crippen molar-refractivity contribution >= 4 is 15.9 Å². The average molecular weight is 356 g/mol. The Morgan fingerprint density at radius 3 is 2.81 bits per heavy atom. The highest BCUT2D eigenvalue weighted by Crippen LogP contribution is 2.44. The van der Waals surface area contributed by atoms with Gasteiger partial charge < -0.3 is 5.32 Å². The Kier molecular flexibility index (Phi) is 6.74. The van der Waals surface area contributed by atoms with Crippen LogP contribution in [0.3, 0.4) is 0 Å². The highest BCUT2D eigenvalue weighted by molar-refractivity contribution is 9.10. The van der Waals surface area contributed by atoms with Crippen LogP contribution >= 0.6 is 15.9 Å². The first kappa shape index (κ1) is 17.0. The molecule has 1 aliphatic rings. The number of aromatic nitrogens is 2. The lowest BCUT2D eigenvalue weighted by Gasteiger charge is -2.37. The van der Waals surface area contributed by atoms with Gasteiger partial charge in [0.25, 0.3) is 0 Å². The fourth-order valence-corrected chi connectivity index (χ4v) is 4.48. The molecule has 4 heteroatoms. The second-order valence-electron chi connectivity index (χ2n) is 6.34. The fourth-order valence-electron chi connectivity index (χ4n) is 3.89. The molecule has 0 saturated heterocycles. The lowest BCUT2D eigenvalue weighted by molar-refractivity contribution is 0.213. The predicted octanol–water partition coefficient (Wildman–Crippen LogP) is 4.58. The average Bonchev–Trinajstić information content (AvgIpc) is 2.87. The summed E-state index contributed by atoms with van der Waals surface area (Å²) < 4.78 is 3.40. The monoisotopic (exact) mass is 355 g/mol. The molecule has 1 N–H and O–H groups in total. The van der Waals surface area contributed by atoms with Gasteiger partial charge in [-0.15, -0.1) is 0 Å². The summed E-state index contributed by atoms with van der Waals surface area (Å²) in [5.41, 5.74) is 1.43. The Labute approximate surface area is 138 Å². The van der Waals surface area contributed by atoms with Gasteiger partial charge in [0, 0.05) is 12.5 Å². The molecule has 1 saturated carbocycles. The summed E-state index contributed by atoms with van der Waals surface area (Å²) in [4.78, 5) is 0. The van der Waals surface area contributed by atoms with Crippen molar-refractivity contribution in [3.8, 4) is 0 Å². The zero-order chi connectivity index (χ0) is 15.2. The summed E-state index contributed by atoms with van der Waals surface area (Å²) in [6, 6.07) is 0. The van der Waals surface area contributed by atoms with E-state index in [9.17, 15) is 0 Å². The molecule has 3 nitrogen and oxygen atoms in total. The van der Waals surface area contributed by atoms with Crippen molar-refractivity contribution in [1.82, 2.24) is 15.1 Å². The molecule has 0 aliphatic heterocycles.